The minimum Gasteiger partial charge on any atom is -0.493 e. The first kappa shape index (κ1) is 35.0. The second kappa shape index (κ2) is 15.4. The number of carbonyl (C=O) groups is 1. The zero-order valence-corrected chi connectivity index (χ0v) is 30.7. The molecular formula is C38H32BrClN2O7S. The Bertz CT molecular complexity index is 2280. The number of benzene rings is 4. The molecule has 0 aliphatic carbocycles. The van der Waals surface area contributed by atoms with E-state index < -0.39 is 12.0 Å². The number of methoxy groups -OCH3 is 3. The van der Waals surface area contributed by atoms with Crippen LogP contribution in [0.5, 0.6) is 23.0 Å². The van der Waals surface area contributed by atoms with Gasteiger partial charge in [-0.2, -0.15) is 0 Å². The summed E-state index contributed by atoms with van der Waals surface area (Å²) >= 11 is 11.0. The summed E-state index contributed by atoms with van der Waals surface area (Å²) < 4.78 is 31.0. The Kier molecular flexibility index (Phi) is 10.8. The third-order valence-electron chi connectivity index (χ3n) is 7.92. The average molecular weight is 776 g/mol. The molecule has 1 aliphatic heterocycles. The van der Waals surface area contributed by atoms with Crippen LogP contribution in [0.1, 0.15) is 35.2 Å². The van der Waals surface area contributed by atoms with Gasteiger partial charge in [-0.3, -0.25) is 9.36 Å². The molecule has 4 aromatic carbocycles. The van der Waals surface area contributed by atoms with Crippen molar-refractivity contribution in [3.63, 3.8) is 0 Å². The Balaban J connectivity index is 1.52. The number of esters is 1. The number of hydrogen-bond acceptors (Lipinski definition) is 9. The average Bonchev–Trinajstić information content (AvgIpc) is 3.44. The summed E-state index contributed by atoms with van der Waals surface area (Å²) in [7, 11) is 4.63. The van der Waals surface area contributed by atoms with Gasteiger partial charge in [-0.1, -0.05) is 71.5 Å². The van der Waals surface area contributed by atoms with Crippen LogP contribution in [-0.2, 0) is 16.1 Å². The normalized spacial score (nSPS) is 14.1. The van der Waals surface area contributed by atoms with Crippen LogP contribution in [0, 0.1) is 0 Å². The Labute approximate surface area is 305 Å². The fourth-order valence-electron chi connectivity index (χ4n) is 5.68. The Hall–Kier alpha value is -4.84. The molecule has 0 unspecified atom stereocenters. The van der Waals surface area contributed by atoms with E-state index in [9.17, 15) is 9.59 Å². The van der Waals surface area contributed by atoms with Crippen molar-refractivity contribution < 1.29 is 28.5 Å². The van der Waals surface area contributed by atoms with Crippen LogP contribution in [0.3, 0.4) is 0 Å². The number of ether oxygens (including phenoxy) is 5. The van der Waals surface area contributed by atoms with Crippen molar-refractivity contribution in [2.24, 2.45) is 4.99 Å². The fraction of sp³-hybridized carbons (Fsp3) is 0.184. The van der Waals surface area contributed by atoms with Gasteiger partial charge in [-0.05, 0) is 82.0 Å². The Morgan fingerprint density at radius 3 is 2.40 bits per heavy atom. The van der Waals surface area contributed by atoms with Crippen LogP contribution in [0.2, 0.25) is 5.02 Å². The number of fused-ring (bicyclic) bond motifs is 1. The first-order valence-corrected chi connectivity index (χ1v) is 17.5. The van der Waals surface area contributed by atoms with Gasteiger partial charge in [-0.25, -0.2) is 9.79 Å². The van der Waals surface area contributed by atoms with E-state index in [0.29, 0.717) is 64.2 Å². The third kappa shape index (κ3) is 7.07. The minimum atomic E-state index is -0.883. The van der Waals surface area contributed by atoms with Gasteiger partial charge in [0.1, 0.15) is 6.61 Å². The highest BCUT2D eigenvalue weighted by Gasteiger charge is 2.35. The van der Waals surface area contributed by atoms with E-state index in [1.807, 2.05) is 54.6 Å². The molecule has 12 heteroatoms. The van der Waals surface area contributed by atoms with Crippen molar-refractivity contribution in [3.8, 4) is 23.0 Å². The van der Waals surface area contributed by atoms with Crippen LogP contribution in [-0.4, -0.2) is 38.5 Å². The van der Waals surface area contributed by atoms with Crippen molar-refractivity contribution in [3.05, 3.63) is 142 Å². The zero-order chi connectivity index (χ0) is 35.4. The predicted octanol–water partition coefficient (Wildman–Crippen LogP) is 6.96. The van der Waals surface area contributed by atoms with E-state index in [4.69, 9.17) is 40.3 Å². The smallest absolute Gasteiger partial charge is 0.338 e. The van der Waals surface area contributed by atoms with Crippen molar-refractivity contribution in [2.45, 2.75) is 19.6 Å². The van der Waals surface area contributed by atoms with E-state index in [1.165, 1.54) is 23.0 Å². The summed E-state index contributed by atoms with van der Waals surface area (Å²) in [6.07, 6.45) is 1.76. The van der Waals surface area contributed by atoms with Crippen LogP contribution >= 0.6 is 38.9 Å². The molecule has 9 nitrogen and oxygen atoms in total. The first-order valence-electron chi connectivity index (χ1n) is 15.5. The lowest BCUT2D eigenvalue weighted by atomic mass is 9.93. The maximum atomic E-state index is 14.4. The lowest BCUT2D eigenvalue weighted by Crippen LogP contribution is -2.40. The number of rotatable bonds is 11. The highest BCUT2D eigenvalue weighted by Crippen LogP contribution is 2.39. The van der Waals surface area contributed by atoms with Gasteiger partial charge in [0.05, 0.1) is 54.3 Å². The van der Waals surface area contributed by atoms with Gasteiger partial charge in [0.2, 0.25) is 0 Å². The highest BCUT2D eigenvalue weighted by molar-refractivity contribution is 9.10. The quantitative estimate of drug-likeness (QED) is 0.134. The van der Waals surface area contributed by atoms with Gasteiger partial charge in [0.25, 0.3) is 5.56 Å². The summed E-state index contributed by atoms with van der Waals surface area (Å²) in [6.45, 7) is 2.15. The molecule has 0 saturated carbocycles. The van der Waals surface area contributed by atoms with Gasteiger partial charge in [0, 0.05) is 10.6 Å². The molecule has 6 rings (SSSR count). The highest BCUT2D eigenvalue weighted by atomic mass is 79.9. The molecule has 0 bridgehead atoms. The van der Waals surface area contributed by atoms with E-state index in [1.54, 1.807) is 57.6 Å². The van der Waals surface area contributed by atoms with Crippen LogP contribution < -0.4 is 33.8 Å². The molecule has 1 aromatic heterocycles. The molecule has 0 spiro atoms. The summed E-state index contributed by atoms with van der Waals surface area (Å²) in [6, 6.07) is 24.9. The summed E-state index contributed by atoms with van der Waals surface area (Å²) in [5.41, 5.74) is 3.23. The van der Waals surface area contributed by atoms with Gasteiger partial charge >= 0.3 is 5.97 Å². The fourth-order valence-corrected chi connectivity index (χ4v) is 7.46. The van der Waals surface area contributed by atoms with Crippen LogP contribution in [0.25, 0.3) is 11.8 Å². The van der Waals surface area contributed by atoms with Gasteiger partial charge < -0.3 is 23.7 Å². The second-order valence-electron chi connectivity index (χ2n) is 11.0. The van der Waals surface area contributed by atoms with E-state index in [2.05, 4.69) is 15.9 Å². The van der Waals surface area contributed by atoms with Crippen molar-refractivity contribution in [1.29, 1.82) is 0 Å². The molecule has 1 atom stereocenters. The van der Waals surface area contributed by atoms with Gasteiger partial charge in [-0.15, -0.1) is 0 Å². The Morgan fingerprint density at radius 2 is 1.70 bits per heavy atom. The molecule has 0 radical (unpaired) electrons. The number of aromatic nitrogens is 1. The molecule has 1 aliphatic rings. The summed E-state index contributed by atoms with van der Waals surface area (Å²) in [4.78, 5) is 33.6. The molecule has 5 aromatic rings. The summed E-state index contributed by atoms with van der Waals surface area (Å²) in [5, 5.41) is 0.618. The Morgan fingerprint density at radius 1 is 0.940 bits per heavy atom. The predicted molar refractivity (Wildman–Crippen MR) is 197 cm³/mol. The summed E-state index contributed by atoms with van der Waals surface area (Å²) in [5.74, 6) is 1.35. The number of hydrogen-bond donors (Lipinski definition) is 0. The molecule has 50 heavy (non-hydrogen) atoms. The first-order chi connectivity index (χ1) is 24.3. The van der Waals surface area contributed by atoms with Crippen molar-refractivity contribution in [2.75, 3.05) is 27.9 Å². The van der Waals surface area contributed by atoms with Gasteiger partial charge in [0.15, 0.2) is 27.8 Å². The lowest BCUT2D eigenvalue weighted by Gasteiger charge is -2.26. The molecule has 2 heterocycles. The SMILES string of the molecule is CCOC(=O)C1=C(c2ccccc2)N=c2s/c(=C\c3cc(Br)c(OCc4cccc(Cl)c4)c(OC)c3)c(=O)n2[C@H]1c1ccc(OC)c(OC)c1. The number of carbonyl (C=O) groups excluding carboxylic acids is 1. The van der Waals surface area contributed by atoms with Crippen molar-refractivity contribution >= 4 is 56.6 Å². The standard InChI is InChI=1S/C38H32BrClN2O7S/c1-5-48-37(44)32-33(24-11-7-6-8-12-24)41-38-42(34(32)25-14-15-28(45-2)29(20-25)46-3)36(43)31(50-38)19-23-17-27(39)35(30(18-23)47-4)49-21-22-10-9-13-26(40)16-22/h6-20,34H,5,21H2,1-4H3/b31-19-/t34-/m0/s1. The minimum absolute atomic E-state index is 0.142. The largest absolute Gasteiger partial charge is 0.493 e. The maximum absolute atomic E-state index is 14.4. The second-order valence-corrected chi connectivity index (χ2v) is 13.3. The monoisotopic (exact) mass is 774 g/mol. The lowest BCUT2D eigenvalue weighted by molar-refractivity contribution is -0.138. The van der Waals surface area contributed by atoms with E-state index in [-0.39, 0.29) is 24.3 Å². The molecule has 0 saturated heterocycles. The number of thiazole rings is 1. The molecule has 0 N–H and O–H groups in total. The van der Waals surface area contributed by atoms with Crippen LogP contribution in [0.15, 0.2) is 105 Å². The van der Waals surface area contributed by atoms with Crippen LogP contribution in [0.4, 0.5) is 0 Å². The van der Waals surface area contributed by atoms with E-state index in [0.717, 1.165) is 5.56 Å². The zero-order valence-electron chi connectivity index (χ0n) is 27.6. The van der Waals surface area contributed by atoms with E-state index >= 15 is 0 Å². The molecule has 256 valence electrons. The van der Waals surface area contributed by atoms with Crippen molar-refractivity contribution in [1.82, 2.24) is 4.57 Å². The maximum Gasteiger partial charge on any atom is 0.338 e. The molecular weight excluding hydrogens is 744 g/mol. The third-order valence-corrected chi connectivity index (χ3v) is 9.73. The molecule has 0 fully saturated rings. The molecule has 0 amide bonds. The topological polar surface area (TPSA) is 97.6 Å². The number of halogens is 2. The number of nitrogens with zero attached hydrogens (tertiary/aromatic N) is 2.